The minimum atomic E-state index is -0.861. The number of aromatic carboxylic acids is 1. The Morgan fingerprint density at radius 3 is 2.62 bits per heavy atom. The Labute approximate surface area is 143 Å². The maximum Gasteiger partial charge on any atom is 0.335 e. The van der Waals surface area contributed by atoms with Crippen molar-refractivity contribution in [3.05, 3.63) is 35.0 Å². The summed E-state index contributed by atoms with van der Waals surface area (Å²) in [5, 5.41) is 13.8. The Balaban J connectivity index is 1.98. The van der Waals surface area contributed by atoms with Crippen molar-refractivity contribution in [1.82, 2.24) is 14.8 Å². The first-order chi connectivity index (χ1) is 11.5. The highest BCUT2D eigenvalue weighted by Gasteiger charge is 2.18. The molecule has 0 radical (unpaired) electrons. The van der Waals surface area contributed by atoms with Crippen LogP contribution in [0.1, 0.15) is 41.5 Å². The summed E-state index contributed by atoms with van der Waals surface area (Å²) in [5.74, 6) is -0.861. The van der Waals surface area contributed by atoms with E-state index in [4.69, 9.17) is 0 Å². The average molecular weight is 329 g/mol. The molecule has 5 nitrogen and oxygen atoms in total. The summed E-state index contributed by atoms with van der Waals surface area (Å²) in [5.41, 5.74) is 4.06. The molecule has 3 rings (SSSR count). The van der Waals surface area contributed by atoms with Crippen molar-refractivity contribution in [2.75, 3.05) is 32.7 Å². The standard InChI is InChI=1S/C19H27N3O2/c1-13(2)22-14(3)16(6-9-21-10-7-20-8-11-21)17-12-15(19(23)24)4-5-18(17)22/h4-5,12-13,20H,6-11H2,1-3H3,(H,23,24). The van der Waals surface area contributed by atoms with E-state index in [0.29, 0.717) is 11.6 Å². The molecule has 2 N–H and O–H groups in total. The third-order valence-electron chi connectivity index (χ3n) is 5.03. The minimum absolute atomic E-state index is 0.358. The van der Waals surface area contributed by atoms with Crippen LogP contribution in [0.25, 0.3) is 10.9 Å². The number of hydrogen-bond donors (Lipinski definition) is 2. The van der Waals surface area contributed by atoms with Gasteiger partial charge >= 0.3 is 5.97 Å². The Hall–Kier alpha value is -1.85. The Morgan fingerprint density at radius 2 is 2.00 bits per heavy atom. The second kappa shape index (κ2) is 6.95. The molecule has 0 spiro atoms. The van der Waals surface area contributed by atoms with Gasteiger partial charge in [-0.25, -0.2) is 4.79 Å². The van der Waals surface area contributed by atoms with E-state index in [1.54, 1.807) is 6.07 Å². The molecule has 5 heteroatoms. The van der Waals surface area contributed by atoms with E-state index in [0.717, 1.165) is 50.0 Å². The van der Waals surface area contributed by atoms with Crippen LogP contribution < -0.4 is 5.32 Å². The summed E-state index contributed by atoms with van der Waals surface area (Å²) < 4.78 is 2.33. The smallest absolute Gasteiger partial charge is 0.335 e. The van der Waals surface area contributed by atoms with Gasteiger partial charge in [0.1, 0.15) is 0 Å². The van der Waals surface area contributed by atoms with Gasteiger partial charge in [0.15, 0.2) is 0 Å². The van der Waals surface area contributed by atoms with Crippen LogP contribution in [0, 0.1) is 6.92 Å². The van der Waals surface area contributed by atoms with Gasteiger partial charge < -0.3 is 19.9 Å². The van der Waals surface area contributed by atoms with Crippen LogP contribution in [0.4, 0.5) is 0 Å². The molecule has 1 aromatic carbocycles. The van der Waals surface area contributed by atoms with Gasteiger partial charge in [0.2, 0.25) is 0 Å². The first-order valence-corrected chi connectivity index (χ1v) is 8.79. The number of rotatable bonds is 5. The zero-order chi connectivity index (χ0) is 17.3. The molecular formula is C19H27N3O2. The van der Waals surface area contributed by atoms with Gasteiger partial charge in [0.25, 0.3) is 0 Å². The second-order valence-electron chi connectivity index (χ2n) is 6.91. The fourth-order valence-corrected chi connectivity index (χ4v) is 3.83. The summed E-state index contributed by atoms with van der Waals surface area (Å²) in [6.45, 7) is 11.8. The predicted molar refractivity (Wildman–Crippen MR) is 97.0 cm³/mol. The first kappa shape index (κ1) is 17.0. The molecule has 130 valence electrons. The highest BCUT2D eigenvalue weighted by atomic mass is 16.4. The van der Waals surface area contributed by atoms with Crippen LogP contribution >= 0.6 is 0 Å². The van der Waals surface area contributed by atoms with Crippen LogP contribution in [0.2, 0.25) is 0 Å². The Morgan fingerprint density at radius 1 is 1.29 bits per heavy atom. The molecule has 0 aliphatic carbocycles. The summed E-state index contributed by atoms with van der Waals surface area (Å²) in [6, 6.07) is 5.87. The number of fused-ring (bicyclic) bond motifs is 1. The molecule has 1 aromatic heterocycles. The van der Waals surface area contributed by atoms with E-state index < -0.39 is 5.97 Å². The van der Waals surface area contributed by atoms with Crippen molar-refractivity contribution < 1.29 is 9.90 Å². The van der Waals surface area contributed by atoms with Gasteiger partial charge in [0, 0.05) is 55.4 Å². The van der Waals surface area contributed by atoms with E-state index in [1.165, 1.54) is 11.3 Å². The van der Waals surface area contributed by atoms with E-state index in [1.807, 2.05) is 12.1 Å². The molecule has 2 aromatic rings. The largest absolute Gasteiger partial charge is 0.478 e. The Bertz CT molecular complexity index is 743. The molecule has 0 saturated carbocycles. The highest BCUT2D eigenvalue weighted by molar-refractivity contribution is 5.95. The number of hydrogen-bond acceptors (Lipinski definition) is 3. The molecule has 0 amide bonds. The molecule has 0 atom stereocenters. The number of nitrogens with one attached hydrogen (secondary N) is 1. The van der Waals surface area contributed by atoms with Crippen molar-refractivity contribution in [1.29, 1.82) is 0 Å². The first-order valence-electron chi connectivity index (χ1n) is 8.79. The van der Waals surface area contributed by atoms with Crippen molar-refractivity contribution in [2.24, 2.45) is 0 Å². The number of carbonyl (C=O) groups is 1. The van der Waals surface area contributed by atoms with Crippen LogP contribution in [-0.4, -0.2) is 53.3 Å². The number of aromatic nitrogens is 1. The van der Waals surface area contributed by atoms with Crippen molar-refractivity contribution >= 4 is 16.9 Å². The maximum atomic E-state index is 11.4. The molecule has 1 aliphatic heterocycles. The fourth-order valence-electron chi connectivity index (χ4n) is 3.83. The second-order valence-corrected chi connectivity index (χ2v) is 6.91. The molecule has 1 saturated heterocycles. The summed E-state index contributed by atoms with van der Waals surface area (Å²) in [4.78, 5) is 13.8. The lowest BCUT2D eigenvalue weighted by Gasteiger charge is -2.27. The topological polar surface area (TPSA) is 57.5 Å². The number of carboxylic acids is 1. The lowest BCUT2D eigenvalue weighted by molar-refractivity contribution is 0.0697. The molecule has 1 aliphatic rings. The summed E-state index contributed by atoms with van der Waals surface area (Å²) in [6.07, 6.45) is 0.963. The van der Waals surface area contributed by atoms with Gasteiger partial charge in [-0.3, -0.25) is 0 Å². The van der Waals surface area contributed by atoms with Crippen molar-refractivity contribution in [3.8, 4) is 0 Å². The van der Waals surface area contributed by atoms with E-state index in [-0.39, 0.29) is 0 Å². The van der Waals surface area contributed by atoms with E-state index in [2.05, 4.69) is 35.6 Å². The van der Waals surface area contributed by atoms with Crippen molar-refractivity contribution in [2.45, 2.75) is 33.2 Å². The van der Waals surface area contributed by atoms with E-state index >= 15 is 0 Å². The van der Waals surface area contributed by atoms with Crippen LogP contribution in [0.5, 0.6) is 0 Å². The van der Waals surface area contributed by atoms with Crippen LogP contribution in [0.3, 0.4) is 0 Å². The number of benzene rings is 1. The quantitative estimate of drug-likeness (QED) is 0.885. The molecular weight excluding hydrogens is 302 g/mol. The van der Waals surface area contributed by atoms with Crippen LogP contribution in [0.15, 0.2) is 18.2 Å². The number of carboxylic acid groups (broad SMARTS) is 1. The van der Waals surface area contributed by atoms with Gasteiger partial charge in [-0.15, -0.1) is 0 Å². The molecule has 0 unspecified atom stereocenters. The zero-order valence-electron chi connectivity index (χ0n) is 14.8. The van der Waals surface area contributed by atoms with E-state index in [9.17, 15) is 9.90 Å². The molecule has 0 bridgehead atoms. The van der Waals surface area contributed by atoms with Gasteiger partial charge in [-0.2, -0.15) is 0 Å². The average Bonchev–Trinajstić information content (AvgIpc) is 2.84. The monoisotopic (exact) mass is 329 g/mol. The SMILES string of the molecule is Cc1c(CCN2CCNCC2)c2cc(C(=O)O)ccc2n1C(C)C. The Kier molecular flexibility index (Phi) is 4.92. The lowest BCUT2D eigenvalue weighted by atomic mass is 10.0. The van der Waals surface area contributed by atoms with Crippen molar-refractivity contribution in [3.63, 3.8) is 0 Å². The number of nitrogens with zero attached hydrogens (tertiary/aromatic N) is 2. The molecule has 1 fully saturated rings. The third-order valence-corrected chi connectivity index (χ3v) is 5.03. The third kappa shape index (κ3) is 3.19. The van der Waals surface area contributed by atoms with Gasteiger partial charge in [-0.05, 0) is 51.0 Å². The van der Waals surface area contributed by atoms with Gasteiger partial charge in [-0.1, -0.05) is 0 Å². The summed E-state index contributed by atoms with van der Waals surface area (Å²) in [7, 11) is 0. The van der Waals surface area contributed by atoms with Gasteiger partial charge in [0.05, 0.1) is 5.56 Å². The summed E-state index contributed by atoms with van der Waals surface area (Å²) >= 11 is 0. The zero-order valence-corrected chi connectivity index (χ0v) is 14.8. The molecule has 2 heterocycles. The maximum absolute atomic E-state index is 11.4. The molecule has 24 heavy (non-hydrogen) atoms. The minimum Gasteiger partial charge on any atom is -0.478 e. The lowest BCUT2D eigenvalue weighted by Crippen LogP contribution is -2.44. The predicted octanol–water partition coefficient (Wildman–Crippen LogP) is 2.68. The van der Waals surface area contributed by atoms with Crippen LogP contribution in [-0.2, 0) is 6.42 Å². The normalized spacial score (nSPS) is 16.2. The highest BCUT2D eigenvalue weighted by Crippen LogP contribution is 2.30. The number of piperazine rings is 1. The fraction of sp³-hybridized carbons (Fsp3) is 0.526.